The lowest BCUT2D eigenvalue weighted by Gasteiger charge is -2.42. The minimum absolute atomic E-state index is 0.129. The topological polar surface area (TPSA) is 41.1 Å². The lowest BCUT2D eigenvalue weighted by molar-refractivity contribution is 0.273. The Hall–Kier alpha value is -1.71. The summed E-state index contributed by atoms with van der Waals surface area (Å²) < 4.78 is 5.70. The van der Waals surface area contributed by atoms with Gasteiger partial charge in [-0.05, 0) is 32.4 Å². The van der Waals surface area contributed by atoms with Gasteiger partial charge in [0.25, 0.3) is 0 Å². The van der Waals surface area contributed by atoms with E-state index in [2.05, 4.69) is 41.7 Å². The lowest BCUT2D eigenvalue weighted by atomic mass is 9.98. The van der Waals surface area contributed by atoms with E-state index in [9.17, 15) is 0 Å². The van der Waals surface area contributed by atoms with Crippen LogP contribution in [0.4, 0.5) is 5.69 Å². The molecule has 0 radical (unpaired) electrons. The van der Waals surface area contributed by atoms with Crippen molar-refractivity contribution in [2.45, 2.75) is 32.7 Å². The van der Waals surface area contributed by atoms with Gasteiger partial charge in [-0.15, -0.1) is 0 Å². The zero-order valence-electron chi connectivity index (χ0n) is 11.2. The number of pyridine rings is 1. The van der Waals surface area contributed by atoms with Gasteiger partial charge in [0.05, 0.1) is 6.54 Å². The maximum Gasteiger partial charge on any atom is 0.239 e. The molecule has 0 unspecified atom stereocenters. The molecule has 2 aromatic heterocycles. The number of anilines is 1. The standard InChI is InChI=1S/C14H19N3O/c1-4-14(2,3)17-7-8-18-13-11(17)9-10-5-6-15-12(10)16-13/h5-6,9H,4,7-8H2,1-3H3,(H,15,16). The molecule has 1 aliphatic heterocycles. The zero-order chi connectivity index (χ0) is 12.8. The van der Waals surface area contributed by atoms with Crippen molar-refractivity contribution in [1.82, 2.24) is 9.97 Å². The lowest BCUT2D eigenvalue weighted by Crippen LogP contribution is -2.48. The first-order chi connectivity index (χ1) is 8.62. The van der Waals surface area contributed by atoms with Gasteiger partial charge in [0.15, 0.2) is 0 Å². The van der Waals surface area contributed by atoms with Crippen molar-refractivity contribution in [2.24, 2.45) is 0 Å². The van der Waals surface area contributed by atoms with E-state index in [1.54, 1.807) is 0 Å². The first kappa shape index (κ1) is 11.4. The Kier molecular flexibility index (Phi) is 2.47. The summed E-state index contributed by atoms with van der Waals surface area (Å²) in [5.41, 5.74) is 2.13. The Bertz CT molecular complexity index is 573. The molecular weight excluding hydrogens is 226 g/mol. The molecule has 0 saturated heterocycles. The van der Waals surface area contributed by atoms with Crippen molar-refractivity contribution in [1.29, 1.82) is 0 Å². The Labute approximate surface area is 107 Å². The SMILES string of the molecule is CCC(C)(C)N1CCOc2nc3[nH]ccc3cc21. The predicted molar refractivity (Wildman–Crippen MR) is 73.3 cm³/mol. The van der Waals surface area contributed by atoms with Crippen molar-refractivity contribution in [3.63, 3.8) is 0 Å². The molecule has 1 aliphatic rings. The number of ether oxygens (including phenoxy) is 1. The molecule has 0 aliphatic carbocycles. The summed E-state index contributed by atoms with van der Waals surface area (Å²) in [6.45, 7) is 8.38. The van der Waals surface area contributed by atoms with Gasteiger partial charge in [0.1, 0.15) is 17.9 Å². The highest BCUT2D eigenvalue weighted by molar-refractivity contribution is 5.82. The highest BCUT2D eigenvalue weighted by Gasteiger charge is 2.31. The van der Waals surface area contributed by atoms with E-state index in [1.807, 2.05) is 12.3 Å². The molecule has 1 N–H and O–H groups in total. The fourth-order valence-corrected chi connectivity index (χ4v) is 2.43. The van der Waals surface area contributed by atoms with E-state index in [0.717, 1.165) is 35.6 Å². The van der Waals surface area contributed by atoms with Crippen LogP contribution >= 0.6 is 0 Å². The summed E-state index contributed by atoms with van der Waals surface area (Å²) in [6, 6.07) is 4.22. The van der Waals surface area contributed by atoms with E-state index in [-0.39, 0.29) is 5.54 Å². The Morgan fingerprint density at radius 2 is 2.33 bits per heavy atom. The fraction of sp³-hybridized carbons (Fsp3) is 0.500. The van der Waals surface area contributed by atoms with Crippen molar-refractivity contribution < 1.29 is 4.74 Å². The van der Waals surface area contributed by atoms with E-state index in [0.29, 0.717) is 6.61 Å². The summed E-state index contributed by atoms with van der Waals surface area (Å²) >= 11 is 0. The monoisotopic (exact) mass is 245 g/mol. The number of rotatable bonds is 2. The van der Waals surface area contributed by atoms with Crippen LogP contribution in [-0.2, 0) is 0 Å². The molecule has 18 heavy (non-hydrogen) atoms. The van der Waals surface area contributed by atoms with Gasteiger partial charge in [0.2, 0.25) is 5.88 Å². The van der Waals surface area contributed by atoms with Crippen molar-refractivity contribution in [2.75, 3.05) is 18.1 Å². The van der Waals surface area contributed by atoms with Crippen LogP contribution in [0.3, 0.4) is 0 Å². The van der Waals surface area contributed by atoms with Crippen LogP contribution in [0.5, 0.6) is 5.88 Å². The van der Waals surface area contributed by atoms with Gasteiger partial charge in [0, 0.05) is 17.1 Å². The number of aromatic nitrogens is 2. The molecule has 2 aromatic rings. The Morgan fingerprint density at radius 1 is 1.50 bits per heavy atom. The van der Waals surface area contributed by atoms with Crippen LogP contribution in [0.2, 0.25) is 0 Å². The predicted octanol–water partition coefficient (Wildman–Crippen LogP) is 2.95. The van der Waals surface area contributed by atoms with Crippen molar-refractivity contribution >= 4 is 16.7 Å². The average molecular weight is 245 g/mol. The number of H-pyrrole nitrogens is 1. The molecule has 3 rings (SSSR count). The molecule has 0 aromatic carbocycles. The molecular formula is C14H19N3O. The number of hydrogen-bond acceptors (Lipinski definition) is 3. The van der Waals surface area contributed by atoms with Crippen molar-refractivity contribution in [3.05, 3.63) is 18.3 Å². The highest BCUT2D eigenvalue weighted by Crippen LogP contribution is 2.37. The molecule has 0 atom stereocenters. The fourth-order valence-electron chi connectivity index (χ4n) is 2.43. The molecule has 0 spiro atoms. The third-order valence-corrected chi connectivity index (χ3v) is 3.92. The molecule has 0 bridgehead atoms. The molecule has 0 amide bonds. The van der Waals surface area contributed by atoms with Gasteiger partial charge in [-0.1, -0.05) is 6.92 Å². The second kappa shape index (κ2) is 3.90. The minimum atomic E-state index is 0.129. The Balaban J connectivity index is 2.14. The number of fused-ring (bicyclic) bond motifs is 2. The van der Waals surface area contributed by atoms with Gasteiger partial charge < -0.3 is 14.6 Å². The Morgan fingerprint density at radius 3 is 3.11 bits per heavy atom. The third kappa shape index (κ3) is 1.64. The number of aromatic amines is 1. The summed E-state index contributed by atoms with van der Waals surface area (Å²) in [5, 5.41) is 1.14. The van der Waals surface area contributed by atoms with Gasteiger partial charge in [-0.25, -0.2) is 0 Å². The number of nitrogens with zero attached hydrogens (tertiary/aromatic N) is 2. The maximum absolute atomic E-state index is 5.70. The molecule has 96 valence electrons. The van der Waals surface area contributed by atoms with E-state index in [4.69, 9.17) is 4.74 Å². The maximum atomic E-state index is 5.70. The highest BCUT2D eigenvalue weighted by atomic mass is 16.5. The van der Waals surface area contributed by atoms with Crippen LogP contribution < -0.4 is 9.64 Å². The average Bonchev–Trinajstić information content (AvgIpc) is 2.82. The number of hydrogen-bond donors (Lipinski definition) is 1. The second-order valence-electron chi connectivity index (χ2n) is 5.39. The van der Waals surface area contributed by atoms with E-state index >= 15 is 0 Å². The first-order valence-corrected chi connectivity index (χ1v) is 6.50. The largest absolute Gasteiger partial charge is 0.474 e. The summed E-state index contributed by atoms with van der Waals surface area (Å²) in [5.74, 6) is 0.748. The summed E-state index contributed by atoms with van der Waals surface area (Å²) in [7, 11) is 0. The molecule has 0 fully saturated rings. The summed E-state index contributed by atoms with van der Waals surface area (Å²) in [4.78, 5) is 10.1. The van der Waals surface area contributed by atoms with Gasteiger partial charge in [-0.2, -0.15) is 4.98 Å². The van der Waals surface area contributed by atoms with Crippen molar-refractivity contribution in [3.8, 4) is 5.88 Å². The molecule has 3 heterocycles. The van der Waals surface area contributed by atoms with Crippen LogP contribution in [0.15, 0.2) is 18.3 Å². The van der Waals surface area contributed by atoms with Gasteiger partial charge in [-0.3, -0.25) is 0 Å². The normalized spacial score (nSPS) is 15.6. The molecule has 4 nitrogen and oxygen atoms in total. The second-order valence-corrected chi connectivity index (χ2v) is 5.39. The van der Waals surface area contributed by atoms with Crippen LogP contribution in [0, 0.1) is 0 Å². The van der Waals surface area contributed by atoms with Crippen LogP contribution in [-0.4, -0.2) is 28.7 Å². The number of nitrogens with one attached hydrogen (secondary N) is 1. The minimum Gasteiger partial charge on any atom is -0.474 e. The quantitative estimate of drug-likeness (QED) is 0.884. The van der Waals surface area contributed by atoms with E-state index < -0.39 is 0 Å². The first-order valence-electron chi connectivity index (χ1n) is 6.50. The molecule has 0 saturated carbocycles. The van der Waals surface area contributed by atoms with Crippen LogP contribution in [0.1, 0.15) is 27.2 Å². The van der Waals surface area contributed by atoms with E-state index in [1.165, 1.54) is 0 Å². The smallest absolute Gasteiger partial charge is 0.239 e. The molecule has 4 heteroatoms. The summed E-state index contributed by atoms with van der Waals surface area (Å²) in [6.07, 6.45) is 3.01. The zero-order valence-corrected chi connectivity index (χ0v) is 11.2. The van der Waals surface area contributed by atoms with Crippen LogP contribution in [0.25, 0.3) is 11.0 Å². The third-order valence-electron chi connectivity index (χ3n) is 3.92. The van der Waals surface area contributed by atoms with Gasteiger partial charge >= 0.3 is 0 Å².